The minimum atomic E-state index is -3.83. The van der Waals surface area contributed by atoms with Crippen LogP contribution in [0.5, 0.6) is 0 Å². The van der Waals surface area contributed by atoms with E-state index < -0.39 is 20.5 Å². The van der Waals surface area contributed by atoms with E-state index in [2.05, 4.69) is 10.0 Å². The Kier molecular flexibility index (Phi) is 5.26. The molecule has 7 nitrogen and oxygen atoms in total. The Bertz CT molecular complexity index is 825. The molecule has 1 aromatic heterocycles. The fourth-order valence-corrected chi connectivity index (χ4v) is 4.12. The van der Waals surface area contributed by atoms with Crippen LogP contribution < -0.4 is 10.0 Å². The zero-order chi connectivity index (χ0) is 18.0. The van der Waals surface area contributed by atoms with Crippen molar-refractivity contribution in [2.75, 3.05) is 5.32 Å². The summed E-state index contributed by atoms with van der Waals surface area (Å²) in [5.41, 5.74) is -0.671. The van der Waals surface area contributed by atoms with Crippen LogP contribution >= 0.6 is 11.3 Å². The molecule has 2 N–H and O–H groups in total. The summed E-state index contributed by atoms with van der Waals surface area (Å²) in [6, 6.07) is 7.66. The van der Waals surface area contributed by atoms with E-state index in [-0.39, 0.29) is 16.3 Å². The molecular formula is C15H19N3O4S2. The van der Waals surface area contributed by atoms with Crippen LogP contribution in [-0.2, 0) is 16.6 Å². The second-order valence-corrected chi connectivity index (χ2v) is 8.94. The number of anilines is 1. The Morgan fingerprint density at radius 1 is 1.25 bits per heavy atom. The third-order valence-electron chi connectivity index (χ3n) is 2.95. The summed E-state index contributed by atoms with van der Waals surface area (Å²) < 4.78 is 27.1. The predicted molar refractivity (Wildman–Crippen MR) is 94.8 cm³/mol. The Morgan fingerprint density at radius 2 is 1.96 bits per heavy atom. The van der Waals surface area contributed by atoms with Gasteiger partial charge in [-0.05, 0) is 44.4 Å². The molecule has 0 amide bonds. The molecule has 0 radical (unpaired) electrons. The van der Waals surface area contributed by atoms with E-state index in [0.29, 0.717) is 6.54 Å². The van der Waals surface area contributed by atoms with E-state index in [1.807, 2.05) is 17.5 Å². The summed E-state index contributed by atoms with van der Waals surface area (Å²) in [7, 11) is -3.83. The molecule has 0 saturated carbocycles. The third kappa shape index (κ3) is 4.76. The first-order valence-corrected chi connectivity index (χ1v) is 9.53. The number of rotatable bonds is 6. The summed E-state index contributed by atoms with van der Waals surface area (Å²) in [5.74, 6) is 0. The Hall–Kier alpha value is -1.97. The Labute approximate surface area is 144 Å². The molecule has 0 atom stereocenters. The van der Waals surface area contributed by atoms with E-state index in [0.717, 1.165) is 10.9 Å². The maximum atomic E-state index is 12.3. The van der Waals surface area contributed by atoms with Crippen LogP contribution in [0.2, 0.25) is 0 Å². The van der Waals surface area contributed by atoms with Crippen LogP contribution in [0.25, 0.3) is 0 Å². The van der Waals surface area contributed by atoms with Crippen molar-refractivity contribution in [2.24, 2.45) is 0 Å². The van der Waals surface area contributed by atoms with Crippen LogP contribution in [0.15, 0.2) is 40.6 Å². The molecule has 0 aliphatic heterocycles. The first-order valence-electron chi connectivity index (χ1n) is 7.17. The highest BCUT2D eigenvalue weighted by molar-refractivity contribution is 7.89. The van der Waals surface area contributed by atoms with Crippen LogP contribution in [0, 0.1) is 10.1 Å². The molecule has 24 heavy (non-hydrogen) atoms. The van der Waals surface area contributed by atoms with E-state index in [1.54, 1.807) is 20.8 Å². The smallest absolute Gasteiger partial charge is 0.293 e. The van der Waals surface area contributed by atoms with Crippen LogP contribution in [0.1, 0.15) is 25.6 Å². The first kappa shape index (κ1) is 18.4. The van der Waals surface area contributed by atoms with Gasteiger partial charge in [0.25, 0.3) is 5.69 Å². The lowest BCUT2D eigenvalue weighted by molar-refractivity contribution is -0.384. The molecule has 0 bridgehead atoms. The minimum Gasteiger partial charge on any atom is -0.375 e. The average Bonchev–Trinajstić information content (AvgIpc) is 2.95. The lowest BCUT2D eigenvalue weighted by Crippen LogP contribution is -2.40. The van der Waals surface area contributed by atoms with E-state index >= 15 is 0 Å². The van der Waals surface area contributed by atoms with Crippen molar-refractivity contribution >= 4 is 32.7 Å². The van der Waals surface area contributed by atoms with Crippen molar-refractivity contribution in [1.82, 2.24) is 4.72 Å². The number of nitrogens with zero attached hydrogens (tertiary/aromatic N) is 1. The Morgan fingerprint density at radius 3 is 2.50 bits per heavy atom. The number of benzene rings is 1. The van der Waals surface area contributed by atoms with E-state index in [1.165, 1.54) is 23.5 Å². The molecule has 0 spiro atoms. The molecule has 2 aromatic rings. The van der Waals surface area contributed by atoms with Crippen molar-refractivity contribution in [1.29, 1.82) is 0 Å². The SMILES string of the molecule is CC(C)(C)NS(=O)(=O)c1ccc(NCc2cccs2)c([N+](=O)[O-])c1. The van der Waals surface area contributed by atoms with Gasteiger partial charge in [-0.1, -0.05) is 6.07 Å². The maximum absolute atomic E-state index is 12.3. The molecule has 0 unspecified atom stereocenters. The van der Waals surface area contributed by atoms with Gasteiger partial charge < -0.3 is 5.32 Å². The van der Waals surface area contributed by atoms with E-state index in [9.17, 15) is 18.5 Å². The van der Waals surface area contributed by atoms with E-state index in [4.69, 9.17) is 0 Å². The first-order chi connectivity index (χ1) is 11.1. The van der Waals surface area contributed by atoms with Gasteiger partial charge in [0.15, 0.2) is 0 Å². The van der Waals surface area contributed by atoms with Gasteiger partial charge in [-0.2, -0.15) is 0 Å². The predicted octanol–water partition coefficient (Wildman–Crippen LogP) is 3.35. The number of thiophene rings is 1. The maximum Gasteiger partial charge on any atom is 0.293 e. The largest absolute Gasteiger partial charge is 0.375 e. The summed E-state index contributed by atoms with van der Waals surface area (Å²) in [5, 5.41) is 16.2. The van der Waals surface area contributed by atoms with Gasteiger partial charge in [0.1, 0.15) is 5.69 Å². The fourth-order valence-electron chi connectivity index (χ4n) is 2.04. The number of sulfonamides is 1. The topological polar surface area (TPSA) is 101 Å². The molecule has 1 heterocycles. The number of nitrogens with one attached hydrogen (secondary N) is 2. The summed E-state index contributed by atoms with van der Waals surface area (Å²) in [6.45, 7) is 5.55. The lowest BCUT2D eigenvalue weighted by atomic mass is 10.1. The van der Waals surface area contributed by atoms with Gasteiger partial charge >= 0.3 is 0 Å². The normalized spacial score (nSPS) is 12.1. The fraction of sp³-hybridized carbons (Fsp3) is 0.333. The van der Waals surface area contributed by atoms with Crippen LogP contribution in [0.4, 0.5) is 11.4 Å². The molecule has 0 fully saturated rings. The van der Waals surface area contributed by atoms with Crippen LogP contribution in [0.3, 0.4) is 0 Å². The molecule has 0 aliphatic carbocycles. The molecule has 0 saturated heterocycles. The average molecular weight is 369 g/mol. The van der Waals surface area contributed by atoms with Crippen molar-refractivity contribution in [2.45, 2.75) is 37.8 Å². The lowest BCUT2D eigenvalue weighted by Gasteiger charge is -2.20. The van der Waals surface area contributed by atoms with Gasteiger partial charge in [-0.25, -0.2) is 13.1 Å². The number of hydrogen-bond acceptors (Lipinski definition) is 6. The van der Waals surface area contributed by atoms with Gasteiger partial charge in [0.2, 0.25) is 10.0 Å². The van der Waals surface area contributed by atoms with Crippen molar-refractivity contribution in [3.8, 4) is 0 Å². The highest BCUT2D eigenvalue weighted by Gasteiger charge is 2.25. The number of hydrogen-bond donors (Lipinski definition) is 2. The molecule has 2 rings (SSSR count). The number of nitro groups is 1. The zero-order valence-electron chi connectivity index (χ0n) is 13.6. The molecule has 9 heteroatoms. The summed E-state index contributed by atoms with van der Waals surface area (Å²) >= 11 is 1.53. The molecule has 1 aromatic carbocycles. The van der Waals surface area contributed by atoms with Gasteiger partial charge in [0.05, 0.1) is 9.82 Å². The molecule has 130 valence electrons. The van der Waals surface area contributed by atoms with Gasteiger partial charge in [0, 0.05) is 23.0 Å². The standard InChI is InChI=1S/C15H19N3O4S2/c1-15(2,3)17-24(21,22)12-6-7-13(14(9-12)18(19)20)16-10-11-5-4-8-23-11/h4-9,16-17H,10H2,1-3H3. The minimum absolute atomic E-state index is 0.134. The van der Waals surface area contributed by atoms with Gasteiger partial charge in [-0.3, -0.25) is 10.1 Å². The van der Waals surface area contributed by atoms with Crippen molar-refractivity contribution in [3.05, 3.63) is 50.7 Å². The second-order valence-electron chi connectivity index (χ2n) is 6.22. The second kappa shape index (κ2) is 6.88. The Balaban J connectivity index is 2.31. The third-order valence-corrected chi connectivity index (χ3v) is 5.58. The zero-order valence-corrected chi connectivity index (χ0v) is 15.2. The monoisotopic (exact) mass is 369 g/mol. The highest BCUT2D eigenvalue weighted by Crippen LogP contribution is 2.28. The van der Waals surface area contributed by atoms with Crippen LogP contribution in [-0.4, -0.2) is 18.9 Å². The summed E-state index contributed by atoms with van der Waals surface area (Å²) in [6.07, 6.45) is 0. The van der Waals surface area contributed by atoms with Crippen molar-refractivity contribution < 1.29 is 13.3 Å². The van der Waals surface area contributed by atoms with Crippen molar-refractivity contribution in [3.63, 3.8) is 0 Å². The highest BCUT2D eigenvalue weighted by atomic mass is 32.2. The molecule has 0 aliphatic rings. The molecular weight excluding hydrogens is 350 g/mol. The number of nitro benzene ring substituents is 1. The quantitative estimate of drug-likeness (QED) is 0.601. The van der Waals surface area contributed by atoms with Gasteiger partial charge in [-0.15, -0.1) is 11.3 Å². The summed E-state index contributed by atoms with van der Waals surface area (Å²) in [4.78, 5) is 11.6.